The third-order valence-electron chi connectivity index (χ3n) is 3.38. The number of morpholine rings is 1. The Hall–Kier alpha value is -1.30. The van der Waals surface area contributed by atoms with Gasteiger partial charge in [0.15, 0.2) is 11.5 Å². The zero-order chi connectivity index (χ0) is 14.4. The summed E-state index contributed by atoms with van der Waals surface area (Å²) < 4.78 is 11.1. The Morgan fingerprint density at radius 3 is 3.10 bits per heavy atom. The summed E-state index contributed by atoms with van der Waals surface area (Å²) in [6.45, 7) is 6.81. The van der Waals surface area contributed by atoms with Gasteiger partial charge >= 0.3 is 0 Å². The zero-order valence-electron chi connectivity index (χ0n) is 12.3. The molecule has 0 bridgehead atoms. The van der Waals surface area contributed by atoms with Crippen LogP contribution in [0.25, 0.3) is 0 Å². The lowest BCUT2D eigenvalue weighted by molar-refractivity contribution is -0.0291. The van der Waals surface area contributed by atoms with Crippen molar-refractivity contribution in [3.05, 3.63) is 23.8 Å². The summed E-state index contributed by atoms with van der Waals surface area (Å²) in [4.78, 5) is 2.37. The van der Waals surface area contributed by atoms with Gasteiger partial charge in [-0.1, -0.05) is 6.07 Å². The fourth-order valence-corrected chi connectivity index (χ4v) is 2.46. The van der Waals surface area contributed by atoms with Crippen LogP contribution in [0.4, 0.5) is 0 Å². The van der Waals surface area contributed by atoms with E-state index in [4.69, 9.17) is 9.47 Å². The fraction of sp³-hybridized carbons (Fsp3) is 0.600. The minimum absolute atomic E-state index is 0.200. The van der Waals surface area contributed by atoms with Crippen molar-refractivity contribution in [1.29, 1.82) is 0 Å². The first-order valence-corrected chi connectivity index (χ1v) is 7.16. The first kappa shape index (κ1) is 15.1. The summed E-state index contributed by atoms with van der Waals surface area (Å²) in [5.74, 6) is 0.760. The van der Waals surface area contributed by atoms with Gasteiger partial charge in [-0.25, -0.2) is 0 Å². The number of ether oxygens (including phenoxy) is 2. The lowest BCUT2D eigenvalue weighted by atomic mass is 10.1. The highest BCUT2D eigenvalue weighted by Gasteiger charge is 2.20. The number of hydrogen-bond acceptors (Lipinski definition) is 5. The molecule has 0 saturated carbocycles. The van der Waals surface area contributed by atoms with Gasteiger partial charge in [0.05, 0.1) is 19.3 Å². The average molecular weight is 280 g/mol. The molecule has 1 unspecified atom stereocenters. The Balaban J connectivity index is 1.96. The van der Waals surface area contributed by atoms with E-state index in [0.717, 1.165) is 38.3 Å². The molecule has 1 aliphatic heterocycles. The van der Waals surface area contributed by atoms with E-state index in [1.165, 1.54) is 0 Å². The van der Waals surface area contributed by atoms with Crippen LogP contribution in [0.5, 0.6) is 11.5 Å². The van der Waals surface area contributed by atoms with Crippen LogP contribution in [0.15, 0.2) is 18.2 Å². The summed E-state index contributed by atoms with van der Waals surface area (Å²) in [6, 6.07) is 5.56. The Morgan fingerprint density at radius 1 is 1.50 bits per heavy atom. The first-order chi connectivity index (χ1) is 9.72. The second-order valence-electron chi connectivity index (χ2n) is 5.02. The molecule has 1 atom stereocenters. The van der Waals surface area contributed by atoms with Crippen LogP contribution in [0.3, 0.4) is 0 Å². The molecule has 1 heterocycles. The van der Waals surface area contributed by atoms with Crippen molar-refractivity contribution in [3.8, 4) is 11.5 Å². The first-order valence-electron chi connectivity index (χ1n) is 7.16. The number of likely N-dealkylation sites (N-methyl/N-ethyl adjacent to an activating group) is 1. The molecule has 0 spiro atoms. The van der Waals surface area contributed by atoms with Gasteiger partial charge in [0.1, 0.15) is 0 Å². The molecule has 0 aromatic heterocycles. The minimum Gasteiger partial charge on any atom is -0.504 e. The predicted octanol–water partition coefficient (Wildman–Crippen LogP) is 1.21. The van der Waals surface area contributed by atoms with E-state index < -0.39 is 0 Å². The van der Waals surface area contributed by atoms with E-state index in [9.17, 15) is 5.11 Å². The van der Waals surface area contributed by atoms with E-state index in [-0.39, 0.29) is 11.9 Å². The normalized spacial score (nSPS) is 20.0. The second kappa shape index (κ2) is 7.47. The second-order valence-corrected chi connectivity index (χ2v) is 5.02. The Labute approximate surface area is 120 Å². The Bertz CT molecular complexity index is 424. The molecule has 2 N–H and O–H groups in total. The highest BCUT2D eigenvalue weighted by atomic mass is 16.5. The van der Waals surface area contributed by atoms with Crippen LogP contribution < -0.4 is 10.1 Å². The third-order valence-corrected chi connectivity index (χ3v) is 3.38. The molecule has 0 radical (unpaired) electrons. The molecular formula is C15H24N2O3. The van der Waals surface area contributed by atoms with Gasteiger partial charge in [0, 0.05) is 26.2 Å². The van der Waals surface area contributed by atoms with Crippen molar-refractivity contribution in [3.63, 3.8) is 0 Å². The quantitative estimate of drug-likeness (QED) is 0.820. The molecule has 2 rings (SSSR count). The lowest BCUT2D eigenvalue weighted by Gasteiger charge is -2.32. The topological polar surface area (TPSA) is 54.0 Å². The van der Waals surface area contributed by atoms with Crippen molar-refractivity contribution in [2.45, 2.75) is 19.6 Å². The van der Waals surface area contributed by atoms with Crippen LogP contribution in [0, 0.1) is 0 Å². The van der Waals surface area contributed by atoms with Gasteiger partial charge in [-0.2, -0.15) is 0 Å². The highest BCUT2D eigenvalue weighted by molar-refractivity contribution is 5.41. The molecule has 5 heteroatoms. The van der Waals surface area contributed by atoms with Crippen molar-refractivity contribution in [2.24, 2.45) is 0 Å². The van der Waals surface area contributed by atoms with Gasteiger partial charge in [-0.05, 0) is 31.7 Å². The van der Waals surface area contributed by atoms with Crippen molar-refractivity contribution in [1.82, 2.24) is 10.2 Å². The summed E-state index contributed by atoms with van der Waals surface area (Å²) in [7, 11) is 1.94. The number of benzene rings is 1. The van der Waals surface area contributed by atoms with E-state index in [2.05, 4.69) is 10.2 Å². The molecule has 0 aliphatic carbocycles. The number of aromatic hydroxyl groups is 1. The van der Waals surface area contributed by atoms with Crippen molar-refractivity contribution >= 4 is 0 Å². The Kier molecular flexibility index (Phi) is 5.64. The number of rotatable bonds is 6. The standard InChI is InChI=1S/C15H24N2O3/c1-3-19-15-8-12(4-5-14(15)18)10-17-6-7-20-13(11-17)9-16-2/h4-5,8,13,16,18H,3,6-7,9-11H2,1-2H3. The summed E-state index contributed by atoms with van der Waals surface area (Å²) in [5.41, 5.74) is 1.15. The summed E-state index contributed by atoms with van der Waals surface area (Å²) in [6.07, 6.45) is 0.247. The zero-order valence-corrected chi connectivity index (χ0v) is 12.3. The molecular weight excluding hydrogens is 256 g/mol. The van der Waals surface area contributed by atoms with E-state index in [1.807, 2.05) is 26.1 Å². The Morgan fingerprint density at radius 2 is 2.35 bits per heavy atom. The SMILES string of the molecule is CCOc1cc(CN2CCOC(CNC)C2)ccc1O. The molecule has 1 aliphatic rings. The fourth-order valence-electron chi connectivity index (χ4n) is 2.46. The summed E-state index contributed by atoms with van der Waals surface area (Å²) >= 11 is 0. The van der Waals surface area contributed by atoms with Gasteiger partial charge in [0.2, 0.25) is 0 Å². The van der Waals surface area contributed by atoms with Crippen LogP contribution in [-0.4, -0.2) is 56.0 Å². The van der Waals surface area contributed by atoms with E-state index >= 15 is 0 Å². The molecule has 1 aromatic carbocycles. The van der Waals surface area contributed by atoms with Crippen LogP contribution >= 0.6 is 0 Å². The molecule has 1 saturated heterocycles. The minimum atomic E-state index is 0.200. The number of nitrogens with one attached hydrogen (secondary N) is 1. The number of nitrogens with zero attached hydrogens (tertiary/aromatic N) is 1. The van der Waals surface area contributed by atoms with Crippen LogP contribution in [-0.2, 0) is 11.3 Å². The van der Waals surface area contributed by atoms with Crippen molar-refractivity contribution < 1.29 is 14.6 Å². The molecule has 0 amide bonds. The summed E-state index contributed by atoms with van der Waals surface area (Å²) in [5, 5.41) is 12.9. The molecule has 1 aromatic rings. The van der Waals surface area contributed by atoms with E-state index in [0.29, 0.717) is 12.4 Å². The number of hydrogen-bond donors (Lipinski definition) is 2. The molecule has 1 fully saturated rings. The maximum absolute atomic E-state index is 9.72. The maximum Gasteiger partial charge on any atom is 0.161 e. The predicted molar refractivity (Wildman–Crippen MR) is 78.2 cm³/mol. The van der Waals surface area contributed by atoms with Gasteiger partial charge in [-0.15, -0.1) is 0 Å². The number of phenolic OH excluding ortho intramolecular Hbond substituents is 1. The van der Waals surface area contributed by atoms with Crippen LogP contribution in [0.2, 0.25) is 0 Å². The molecule has 112 valence electrons. The molecule has 20 heavy (non-hydrogen) atoms. The van der Waals surface area contributed by atoms with Gasteiger partial charge < -0.3 is 19.9 Å². The smallest absolute Gasteiger partial charge is 0.161 e. The monoisotopic (exact) mass is 280 g/mol. The van der Waals surface area contributed by atoms with Crippen LogP contribution in [0.1, 0.15) is 12.5 Å². The largest absolute Gasteiger partial charge is 0.504 e. The highest BCUT2D eigenvalue weighted by Crippen LogP contribution is 2.27. The maximum atomic E-state index is 9.72. The van der Waals surface area contributed by atoms with E-state index in [1.54, 1.807) is 6.07 Å². The number of phenols is 1. The average Bonchev–Trinajstić information content (AvgIpc) is 2.44. The van der Waals surface area contributed by atoms with Crippen molar-refractivity contribution in [2.75, 3.05) is 39.9 Å². The molecule has 5 nitrogen and oxygen atoms in total. The third kappa shape index (κ3) is 4.10. The van der Waals surface area contributed by atoms with Gasteiger partial charge in [-0.3, -0.25) is 4.90 Å². The van der Waals surface area contributed by atoms with Gasteiger partial charge in [0.25, 0.3) is 0 Å². The lowest BCUT2D eigenvalue weighted by Crippen LogP contribution is -2.45.